The van der Waals surface area contributed by atoms with Crippen LogP contribution in [0.4, 0.5) is 10.1 Å². The second kappa shape index (κ2) is 5.98. The van der Waals surface area contributed by atoms with Gasteiger partial charge in [-0.3, -0.25) is 14.9 Å². The van der Waals surface area contributed by atoms with E-state index in [0.29, 0.717) is 12.8 Å². The Kier molecular flexibility index (Phi) is 4.81. The van der Waals surface area contributed by atoms with Crippen molar-refractivity contribution in [3.8, 4) is 0 Å². The summed E-state index contributed by atoms with van der Waals surface area (Å²) >= 11 is 0. The van der Waals surface area contributed by atoms with E-state index in [1.54, 1.807) is 0 Å². The number of carbonyl (C=O) groups is 1. The first-order chi connectivity index (χ1) is 9.24. The van der Waals surface area contributed by atoms with Crippen LogP contribution in [0.25, 0.3) is 0 Å². The quantitative estimate of drug-likeness (QED) is 0.665. The largest absolute Gasteiger partial charge is 0.347 e. The molecule has 0 fully saturated rings. The van der Waals surface area contributed by atoms with Crippen molar-refractivity contribution in [1.82, 2.24) is 5.32 Å². The first kappa shape index (κ1) is 16.1. The Morgan fingerprint density at radius 3 is 2.40 bits per heavy atom. The monoisotopic (exact) mass is 282 g/mol. The number of carbonyl (C=O) groups excluding carboxylic acids is 1. The Morgan fingerprint density at radius 1 is 1.40 bits per heavy atom. The Balaban J connectivity index is 3.19. The molecule has 5 nitrogen and oxygen atoms in total. The molecule has 1 N–H and O–H groups in total. The van der Waals surface area contributed by atoms with Crippen LogP contribution in [-0.2, 0) is 0 Å². The molecule has 0 aromatic heterocycles. The smallest absolute Gasteiger partial charge is 0.270 e. The third kappa shape index (κ3) is 3.31. The molecule has 1 aromatic rings. The predicted molar refractivity (Wildman–Crippen MR) is 74.2 cm³/mol. The number of rotatable bonds is 5. The normalized spacial score (nSPS) is 11.2. The van der Waals surface area contributed by atoms with E-state index in [1.165, 1.54) is 6.92 Å². The van der Waals surface area contributed by atoms with Gasteiger partial charge in [0, 0.05) is 17.7 Å². The van der Waals surface area contributed by atoms with E-state index in [0.717, 1.165) is 12.1 Å². The van der Waals surface area contributed by atoms with Gasteiger partial charge in [-0.2, -0.15) is 0 Å². The highest BCUT2D eigenvalue weighted by molar-refractivity contribution is 5.95. The van der Waals surface area contributed by atoms with Gasteiger partial charge < -0.3 is 5.32 Å². The molecule has 110 valence electrons. The van der Waals surface area contributed by atoms with Crippen LogP contribution in [0.15, 0.2) is 12.1 Å². The van der Waals surface area contributed by atoms with Crippen molar-refractivity contribution in [2.45, 2.75) is 46.1 Å². The molecule has 0 aliphatic rings. The molecular formula is C14H19FN2O3. The van der Waals surface area contributed by atoms with Gasteiger partial charge in [-0.15, -0.1) is 0 Å². The fourth-order valence-electron chi connectivity index (χ4n) is 1.79. The van der Waals surface area contributed by atoms with E-state index >= 15 is 0 Å². The van der Waals surface area contributed by atoms with Crippen molar-refractivity contribution >= 4 is 11.6 Å². The zero-order valence-corrected chi connectivity index (χ0v) is 12.1. The van der Waals surface area contributed by atoms with Gasteiger partial charge in [0.25, 0.3) is 11.6 Å². The average molecular weight is 282 g/mol. The lowest BCUT2D eigenvalue weighted by atomic mass is 9.95. The SMILES string of the molecule is CCC(C)(CC)NC(=O)c1cc([N+](=O)[O-])cc(C)c1F. The molecule has 20 heavy (non-hydrogen) atoms. The maximum Gasteiger partial charge on any atom is 0.270 e. The molecule has 0 unspecified atom stereocenters. The van der Waals surface area contributed by atoms with Crippen LogP contribution in [0.3, 0.4) is 0 Å². The van der Waals surface area contributed by atoms with Crippen LogP contribution in [0.2, 0.25) is 0 Å². The summed E-state index contributed by atoms with van der Waals surface area (Å²) in [4.78, 5) is 22.3. The molecular weight excluding hydrogens is 263 g/mol. The number of non-ortho nitro benzene ring substituents is 1. The maximum absolute atomic E-state index is 14.0. The Hall–Kier alpha value is -1.98. The molecule has 0 spiro atoms. The zero-order chi connectivity index (χ0) is 15.5. The van der Waals surface area contributed by atoms with E-state index in [-0.39, 0.29) is 16.8 Å². The third-order valence-electron chi connectivity index (χ3n) is 3.67. The summed E-state index contributed by atoms with van der Waals surface area (Å²) in [6, 6.07) is 2.09. The zero-order valence-electron chi connectivity index (χ0n) is 12.1. The molecule has 0 heterocycles. The molecule has 0 aliphatic carbocycles. The Labute approximate surface area is 117 Å². The molecule has 0 saturated carbocycles. The summed E-state index contributed by atoms with van der Waals surface area (Å²) in [5.74, 6) is -1.34. The first-order valence-electron chi connectivity index (χ1n) is 6.51. The topological polar surface area (TPSA) is 72.2 Å². The number of nitrogens with one attached hydrogen (secondary N) is 1. The standard InChI is InChI=1S/C14H19FN2O3/c1-5-14(4,6-2)16-13(18)11-8-10(17(19)20)7-9(3)12(11)15/h7-8H,5-6H2,1-4H3,(H,16,18). The Morgan fingerprint density at radius 2 is 1.95 bits per heavy atom. The van der Waals surface area contributed by atoms with Crippen LogP contribution in [-0.4, -0.2) is 16.4 Å². The lowest BCUT2D eigenvalue weighted by Crippen LogP contribution is -2.45. The van der Waals surface area contributed by atoms with Gasteiger partial charge in [0.15, 0.2) is 0 Å². The van der Waals surface area contributed by atoms with Crippen molar-refractivity contribution in [2.24, 2.45) is 0 Å². The van der Waals surface area contributed by atoms with Crippen LogP contribution in [0.1, 0.15) is 49.5 Å². The summed E-state index contributed by atoms with van der Waals surface area (Å²) in [6.45, 7) is 7.09. The second-order valence-corrected chi connectivity index (χ2v) is 5.10. The fraction of sp³-hybridized carbons (Fsp3) is 0.500. The summed E-state index contributed by atoms with van der Waals surface area (Å²) in [5.41, 5.74) is -0.949. The van der Waals surface area contributed by atoms with Gasteiger partial charge in [0.2, 0.25) is 0 Å². The van der Waals surface area contributed by atoms with Gasteiger partial charge >= 0.3 is 0 Å². The van der Waals surface area contributed by atoms with Gasteiger partial charge in [-0.25, -0.2) is 4.39 Å². The van der Waals surface area contributed by atoms with Crippen molar-refractivity contribution in [2.75, 3.05) is 0 Å². The number of nitro groups is 1. The number of nitro benzene ring substituents is 1. The van der Waals surface area contributed by atoms with Gasteiger partial charge in [0.1, 0.15) is 5.82 Å². The van der Waals surface area contributed by atoms with Crippen molar-refractivity contribution in [1.29, 1.82) is 0 Å². The molecule has 0 atom stereocenters. The highest BCUT2D eigenvalue weighted by Gasteiger charge is 2.26. The number of hydrogen-bond donors (Lipinski definition) is 1. The average Bonchev–Trinajstić information content (AvgIpc) is 2.41. The van der Waals surface area contributed by atoms with E-state index in [9.17, 15) is 19.3 Å². The Bertz CT molecular complexity index is 539. The first-order valence-corrected chi connectivity index (χ1v) is 6.51. The second-order valence-electron chi connectivity index (χ2n) is 5.10. The number of amides is 1. The molecule has 1 amide bonds. The van der Waals surface area contributed by atoms with Crippen LogP contribution >= 0.6 is 0 Å². The summed E-state index contributed by atoms with van der Waals surface area (Å²) < 4.78 is 14.0. The number of halogens is 1. The highest BCUT2D eigenvalue weighted by atomic mass is 19.1. The molecule has 1 aromatic carbocycles. The van der Waals surface area contributed by atoms with E-state index in [4.69, 9.17) is 0 Å². The lowest BCUT2D eigenvalue weighted by Gasteiger charge is -2.28. The predicted octanol–water partition coefficient (Wildman–Crippen LogP) is 3.35. The van der Waals surface area contributed by atoms with Crippen molar-refractivity contribution in [3.05, 3.63) is 39.2 Å². The highest BCUT2D eigenvalue weighted by Crippen LogP contribution is 2.22. The molecule has 0 aliphatic heterocycles. The summed E-state index contributed by atoms with van der Waals surface area (Å²) in [5, 5.41) is 13.5. The van der Waals surface area contributed by atoms with Gasteiger partial charge in [-0.1, -0.05) is 13.8 Å². The molecule has 6 heteroatoms. The lowest BCUT2D eigenvalue weighted by molar-refractivity contribution is -0.385. The number of benzene rings is 1. The van der Waals surface area contributed by atoms with Crippen LogP contribution in [0.5, 0.6) is 0 Å². The summed E-state index contributed by atoms with van der Waals surface area (Å²) in [6.07, 6.45) is 1.37. The van der Waals surface area contributed by atoms with Gasteiger partial charge in [-0.05, 0) is 32.3 Å². The van der Waals surface area contributed by atoms with Crippen LogP contribution in [0, 0.1) is 22.9 Å². The van der Waals surface area contributed by atoms with E-state index < -0.39 is 22.2 Å². The number of nitrogens with zero attached hydrogens (tertiary/aromatic N) is 1. The summed E-state index contributed by atoms with van der Waals surface area (Å²) in [7, 11) is 0. The fourth-order valence-corrected chi connectivity index (χ4v) is 1.79. The van der Waals surface area contributed by atoms with Crippen molar-refractivity contribution in [3.63, 3.8) is 0 Å². The third-order valence-corrected chi connectivity index (χ3v) is 3.67. The number of aryl methyl sites for hydroxylation is 1. The molecule has 0 bridgehead atoms. The number of hydrogen-bond acceptors (Lipinski definition) is 3. The molecule has 0 radical (unpaired) electrons. The van der Waals surface area contributed by atoms with Crippen molar-refractivity contribution < 1.29 is 14.1 Å². The maximum atomic E-state index is 14.0. The minimum atomic E-state index is -0.720. The molecule has 0 saturated heterocycles. The molecule has 1 rings (SSSR count). The minimum Gasteiger partial charge on any atom is -0.347 e. The van der Waals surface area contributed by atoms with E-state index in [1.807, 2.05) is 20.8 Å². The van der Waals surface area contributed by atoms with Crippen LogP contribution < -0.4 is 5.32 Å². The minimum absolute atomic E-state index is 0.0825. The van der Waals surface area contributed by atoms with Gasteiger partial charge in [0.05, 0.1) is 10.5 Å². The van der Waals surface area contributed by atoms with E-state index in [2.05, 4.69) is 5.32 Å².